The number of benzene rings is 3. The number of nitrogens with zero attached hydrogens (tertiary/aromatic N) is 2. The van der Waals surface area contributed by atoms with Gasteiger partial charge < -0.3 is 15.2 Å². The summed E-state index contributed by atoms with van der Waals surface area (Å²) in [6.07, 6.45) is 1.25. The number of amides is 3. The Kier molecular flexibility index (Phi) is 4.93. The van der Waals surface area contributed by atoms with Crippen LogP contribution in [0, 0.1) is 0 Å². The number of hydrogen-bond acceptors (Lipinski definition) is 5. The number of ether oxygens (including phenoxy) is 1. The van der Waals surface area contributed by atoms with Crippen LogP contribution >= 0.6 is 0 Å². The van der Waals surface area contributed by atoms with Crippen molar-refractivity contribution in [2.45, 2.75) is 5.54 Å². The molecule has 0 aliphatic carbocycles. The molecular weight excluding hydrogens is 382 g/mol. The molecule has 0 aromatic heterocycles. The summed E-state index contributed by atoms with van der Waals surface area (Å²) < 4.78 is 5.08. The summed E-state index contributed by atoms with van der Waals surface area (Å²) in [7, 11) is 1.43. The van der Waals surface area contributed by atoms with Gasteiger partial charge in [0.15, 0.2) is 17.0 Å². The molecule has 4 rings (SSSR count). The van der Waals surface area contributed by atoms with E-state index in [1.807, 2.05) is 12.1 Å². The molecule has 30 heavy (non-hydrogen) atoms. The Hall–Kier alpha value is -4.13. The Bertz CT molecular complexity index is 1070. The van der Waals surface area contributed by atoms with E-state index in [1.54, 1.807) is 66.7 Å². The predicted molar refractivity (Wildman–Crippen MR) is 111 cm³/mol. The zero-order chi connectivity index (χ0) is 21.1. The van der Waals surface area contributed by atoms with Crippen LogP contribution in [-0.4, -0.2) is 35.4 Å². The van der Waals surface area contributed by atoms with Crippen molar-refractivity contribution >= 4 is 18.2 Å². The minimum atomic E-state index is -1.40. The largest absolute Gasteiger partial charge is 0.504 e. The van der Waals surface area contributed by atoms with Gasteiger partial charge in [-0.25, -0.2) is 4.79 Å². The highest BCUT2D eigenvalue weighted by molar-refractivity contribution is 6.10. The third kappa shape index (κ3) is 3.06. The second-order valence-corrected chi connectivity index (χ2v) is 6.67. The van der Waals surface area contributed by atoms with Gasteiger partial charge in [-0.1, -0.05) is 66.7 Å². The smallest absolute Gasteiger partial charge is 0.346 e. The molecule has 3 aromatic rings. The van der Waals surface area contributed by atoms with Crippen LogP contribution in [0.25, 0.3) is 0 Å². The van der Waals surface area contributed by atoms with Crippen LogP contribution in [0.3, 0.4) is 0 Å². The first-order valence-electron chi connectivity index (χ1n) is 9.25. The number of methoxy groups -OCH3 is 1. The summed E-state index contributed by atoms with van der Waals surface area (Å²) in [6, 6.07) is 22.2. The van der Waals surface area contributed by atoms with Crippen molar-refractivity contribution in [2.24, 2.45) is 5.10 Å². The first-order chi connectivity index (χ1) is 14.6. The fourth-order valence-corrected chi connectivity index (χ4v) is 3.49. The third-order valence-corrected chi connectivity index (χ3v) is 4.98. The average molecular weight is 401 g/mol. The lowest BCUT2D eigenvalue weighted by molar-refractivity contribution is -0.130. The highest BCUT2D eigenvalue weighted by Crippen LogP contribution is 2.36. The van der Waals surface area contributed by atoms with Gasteiger partial charge in [-0.2, -0.15) is 5.10 Å². The van der Waals surface area contributed by atoms with Crippen LogP contribution < -0.4 is 10.1 Å². The SMILES string of the molecule is COc1cccc(/C=N/N2C(=O)NC(c3ccccc3)(c3ccccc3)C2=O)c1O. The highest BCUT2D eigenvalue weighted by atomic mass is 16.5. The molecule has 3 amide bonds. The van der Waals surface area contributed by atoms with Gasteiger partial charge in [-0.05, 0) is 23.3 Å². The minimum Gasteiger partial charge on any atom is -0.504 e. The summed E-state index contributed by atoms with van der Waals surface area (Å²) in [4.78, 5) is 26.3. The van der Waals surface area contributed by atoms with Gasteiger partial charge in [-0.15, -0.1) is 5.01 Å². The van der Waals surface area contributed by atoms with Crippen molar-refractivity contribution in [1.82, 2.24) is 10.3 Å². The van der Waals surface area contributed by atoms with Crippen molar-refractivity contribution in [2.75, 3.05) is 7.11 Å². The summed E-state index contributed by atoms with van der Waals surface area (Å²) in [6.45, 7) is 0. The Morgan fingerprint density at radius 1 is 0.933 bits per heavy atom. The van der Waals surface area contributed by atoms with Crippen LogP contribution in [0.1, 0.15) is 16.7 Å². The van der Waals surface area contributed by atoms with E-state index in [2.05, 4.69) is 10.4 Å². The van der Waals surface area contributed by atoms with E-state index < -0.39 is 17.5 Å². The first kappa shape index (κ1) is 19.2. The topological polar surface area (TPSA) is 91.2 Å². The molecule has 0 spiro atoms. The fraction of sp³-hybridized carbons (Fsp3) is 0.0870. The number of phenolic OH excluding ortho intramolecular Hbond substituents is 1. The number of hydrogen-bond donors (Lipinski definition) is 2. The molecule has 0 saturated carbocycles. The predicted octanol–water partition coefficient (Wildman–Crippen LogP) is 3.23. The van der Waals surface area contributed by atoms with Gasteiger partial charge in [0, 0.05) is 5.56 Å². The summed E-state index contributed by atoms with van der Waals surface area (Å²) in [5.74, 6) is -0.407. The Morgan fingerprint density at radius 2 is 1.53 bits per heavy atom. The molecule has 1 saturated heterocycles. The van der Waals surface area contributed by atoms with Crippen molar-refractivity contribution in [1.29, 1.82) is 0 Å². The number of imide groups is 1. The molecule has 0 atom stereocenters. The number of rotatable bonds is 5. The third-order valence-electron chi connectivity index (χ3n) is 4.98. The van der Waals surface area contributed by atoms with E-state index in [0.29, 0.717) is 16.7 Å². The number of para-hydroxylation sites is 1. The molecule has 0 unspecified atom stereocenters. The van der Waals surface area contributed by atoms with Crippen molar-refractivity contribution in [3.63, 3.8) is 0 Å². The standard InChI is InChI=1S/C23H19N3O4/c1-30-19-14-8-9-16(20(19)27)15-24-26-21(28)23(25-22(26)29,17-10-4-2-5-11-17)18-12-6-3-7-13-18/h2-15,27H,1H3,(H,25,29)/b24-15+. The Balaban J connectivity index is 1.76. The molecular formula is C23H19N3O4. The monoisotopic (exact) mass is 401 g/mol. The quantitative estimate of drug-likeness (QED) is 0.507. The second-order valence-electron chi connectivity index (χ2n) is 6.67. The normalized spacial score (nSPS) is 15.4. The van der Waals surface area contributed by atoms with E-state index in [-0.39, 0.29) is 11.5 Å². The van der Waals surface area contributed by atoms with Crippen LogP contribution in [0.5, 0.6) is 11.5 Å². The molecule has 7 heteroatoms. The van der Waals surface area contributed by atoms with Crippen LogP contribution in [-0.2, 0) is 10.3 Å². The zero-order valence-electron chi connectivity index (χ0n) is 16.1. The van der Waals surface area contributed by atoms with Gasteiger partial charge in [0.2, 0.25) is 0 Å². The molecule has 0 radical (unpaired) electrons. The summed E-state index contributed by atoms with van der Waals surface area (Å²) in [5, 5.41) is 17.9. The highest BCUT2D eigenvalue weighted by Gasteiger charge is 2.54. The van der Waals surface area contributed by atoms with Crippen LogP contribution in [0.15, 0.2) is 84.0 Å². The van der Waals surface area contributed by atoms with Gasteiger partial charge in [0.1, 0.15) is 0 Å². The molecule has 0 bridgehead atoms. The maximum absolute atomic E-state index is 13.5. The second kappa shape index (κ2) is 7.71. The van der Waals surface area contributed by atoms with Crippen LogP contribution in [0.4, 0.5) is 4.79 Å². The van der Waals surface area contributed by atoms with Gasteiger partial charge in [0.05, 0.1) is 13.3 Å². The molecule has 1 heterocycles. The summed E-state index contributed by atoms with van der Waals surface area (Å²) in [5.41, 5.74) is 0.160. The van der Waals surface area contributed by atoms with Gasteiger partial charge >= 0.3 is 6.03 Å². The van der Waals surface area contributed by atoms with E-state index in [0.717, 1.165) is 5.01 Å². The van der Waals surface area contributed by atoms with Crippen LogP contribution in [0.2, 0.25) is 0 Å². The first-order valence-corrected chi connectivity index (χ1v) is 9.25. The minimum absolute atomic E-state index is 0.131. The van der Waals surface area contributed by atoms with E-state index in [9.17, 15) is 14.7 Å². The van der Waals surface area contributed by atoms with Crippen molar-refractivity contribution in [3.8, 4) is 11.5 Å². The molecule has 150 valence electrons. The number of carbonyl (C=O) groups excluding carboxylic acids is 2. The number of carbonyl (C=O) groups is 2. The molecule has 1 aliphatic heterocycles. The number of hydrazone groups is 1. The van der Waals surface area contributed by atoms with E-state index in [4.69, 9.17) is 4.74 Å². The van der Waals surface area contributed by atoms with E-state index >= 15 is 0 Å². The molecule has 1 aliphatic rings. The van der Waals surface area contributed by atoms with Gasteiger partial charge in [-0.3, -0.25) is 4.79 Å². The summed E-state index contributed by atoms with van der Waals surface area (Å²) >= 11 is 0. The molecule has 2 N–H and O–H groups in total. The Morgan fingerprint density at radius 3 is 2.10 bits per heavy atom. The zero-order valence-corrected chi connectivity index (χ0v) is 16.1. The number of urea groups is 1. The Labute approximate surface area is 173 Å². The molecule has 1 fully saturated rings. The number of aromatic hydroxyl groups is 1. The molecule has 7 nitrogen and oxygen atoms in total. The number of phenols is 1. The van der Waals surface area contributed by atoms with Gasteiger partial charge in [0.25, 0.3) is 5.91 Å². The lowest BCUT2D eigenvalue weighted by Crippen LogP contribution is -2.44. The lowest BCUT2D eigenvalue weighted by atomic mass is 9.83. The molecule has 3 aromatic carbocycles. The van der Waals surface area contributed by atoms with Crippen molar-refractivity contribution in [3.05, 3.63) is 95.6 Å². The van der Waals surface area contributed by atoms with E-state index in [1.165, 1.54) is 13.3 Å². The average Bonchev–Trinajstić information content (AvgIpc) is 3.05. The lowest BCUT2D eigenvalue weighted by Gasteiger charge is -2.27. The maximum Gasteiger partial charge on any atom is 0.346 e. The van der Waals surface area contributed by atoms with Crippen molar-refractivity contribution < 1.29 is 19.4 Å². The fourth-order valence-electron chi connectivity index (χ4n) is 3.49. The maximum atomic E-state index is 13.5. The number of nitrogens with one attached hydrogen (secondary N) is 1.